The van der Waals surface area contributed by atoms with E-state index in [9.17, 15) is 9.59 Å². The Kier molecular flexibility index (Phi) is 3.79. The third kappa shape index (κ3) is 3.50. The Morgan fingerprint density at radius 3 is 2.84 bits per heavy atom. The smallest absolute Gasteiger partial charge is 0.325 e. The molecule has 8 nitrogen and oxygen atoms in total. The van der Waals surface area contributed by atoms with E-state index in [0.29, 0.717) is 13.2 Å². The summed E-state index contributed by atoms with van der Waals surface area (Å²) in [5.41, 5.74) is -0.194. The molecule has 1 aromatic heterocycles. The van der Waals surface area contributed by atoms with Crippen LogP contribution in [0.15, 0.2) is 6.20 Å². The molecule has 1 fully saturated rings. The monoisotopic (exact) mass is 268 g/mol. The largest absolute Gasteiger partial charge is 0.480 e. The number of carboxylic acids is 1. The summed E-state index contributed by atoms with van der Waals surface area (Å²) < 4.78 is 6.37. The summed E-state index contributed by atoms with van der Waals surface area (Å²) >= 11 is 0. The van der Waals surface area contributed by atoms with Gasteiger partial charge in [-0.15, -0.1) is 5.10 Å². The van der Waals surface area contributed by atoms with E-state index in [-0.39, 0.29) is 23.7 Å². The summed E-state index contributed by atoms with van der Waals surface area (Å²) in [5.74, 6) is -1.38. The lowest BCUT2D eigenvalue weighted by Gasteiger charge is -2.34. The van der Waals surface area contributed by atoms with Gasteiger partial charge in [-0.05, 0) is 19.8 Å². The molecule has 2 rings (SSSR count). The zero-order valence-corrected chi connectivity index (χ0v) is 10.6. The Bertz CT molecular complexity index is 479. The number of carbonyl (C=O) groups excluding carboxylic acids is 1. The molecule has 8 heteroatoms. The molecule has 0 saturated carbocycles. The second kappa shape index (κ2) is 5.35. The van der Waals surface area contributed by atoms with E-state index in [1.165, 1.54) is 6.20 Å². The molecule has 104 valence electrons. The molecule has 19 heavy (non-hydrogen) atoms. The normalized spacial score (nSPS) is 17.9. The van der Waals surface area contributed by atoms with Gasteiger partial charge in [0.05, 0.1) is 6.20 Å². The zero-order valence-electron chi connectivity index (χ0n) is 10.6. The molecule has 0 aliphatic carbocycles. The number of carbonyl (C=O) groups is 2. The van der Waals surface area contributed by atoms with Crippen molar-refractivity contribution in [2.75, 3.05) is 13.2 Å². The molecule has 1 aliphatic heterocycles. The van der Waals surface area contributed by atoms with E-state index in [1.807, 2.05) is 6.92 Å². The first-order valence-electron chi connectivity index (χ1n) is 6.01. The fourth-order valence-electron chi connectivity index (χ4n) is 1.90. The van der Waals surface area contributed by atoms with Crippen molar-refractivity contribution in [2.24, 2.45) is 0 Å². The van der Waals surface area contributed by atoms with Crippen LogP contribution >= 0.6 is 0 Å². The number of amides is 1. The maximum atomic E-state index is 12.0. The molecule has 0 atom stereocenters. The van der Waals surface area contributed by atoms with Gasteiger partial charge in [-0.2, -0.15) is 0 Å². The van der Waals surface area contributed by atoms with E-state index in [1.54, 1.807) is 0 Å². The SMILES string of the molecule is CC1(NC(=O)c2cn(CC(=O)O)nn2)CCOCC1. The van der Waals surface area contributed by atoms with Gasteiger partial charge in [0.25, 0.3) is 5.91 Å². The highest BCUT2D eigenvalue weighted by molar-refractivity contribution is 5.92. The molecule has 0 unspecified atom stereocenters. The first kappa shape index (κ1) is 13.5. The number of nitrogens with one attached hydrogen (secondary N) is 1. The summed E-state index contributed by atoms with van der Waals surface area (Å²) in [4.78, 5) is 22.5. The molecule has 2 heterocycles. The second-order valence-electron chi connectivity index (χ2n) is 4.82. The van der Waals surface area contributed by atoms with Gasteiger partial charge in [0.1, 0.15) is 6.54 Å². The van der Waals surface area contributed by atoms with E-state index >= 15 is 0 Å². The Balaban J connectivity index is 1.99. The van der Waals surface area contributed by atoms with Gasteiger partial charge in [-0.3, -0.25) is 9.59 Å². The lowest BCUT2D eigenvalue weighted by atomic mass is 9.92. The highest BCUT2D eigenvalue weighted by Gasteiger charge is 2.30. The van der Waals surface area contributed by atoms with Crippen LogP contribution in [0.1, 0.15) is 30.3 Å². The number of hydrogen-bond donors (Lipinski definition) is 2. The topological polar surface area (TPSA) is 106 Å². The number of aromatic nitrogens is 3. The molecule has 1 aromatic rings. The number of nitrogens with zero attached hydrogens (tertiary/aromatic N) is 3. The van der Waals surface area contributed by atoms with E-state index in [2.05, 4.69) is 15.6 Å². The van der Waals surface area contributed by atoms with Crippen LogP contribution in [0.4, 0.5) is 0 Å². The lowest BCUT2D eigenvalue weighted by Crippen LogP contribution is -2.49. The Morgan fingerprint density at radius 2 is 2.21 bits per heavy atom. The summed E-state index contributed by atoms with van der Waals surface area (Å²) in [6, 6.07) is 0. The third-order valence-electron chi connectivity index (χ3n) is 3.08. The van der Waals surface area contributed by atoms with Gasteiger partial charge in [0.2, 0.25) is 0 Å². The molecule has 2 N–H and O–H groups in total. The predicted octanol–water partition coefficient (Wildman–Crippen LogP) is -0.338. The highest BCUT2D eigenvalue weighted by Crippen LogP contribution is 2.20. The van der Waals surface area contributed by atoms with Crippen LogP contribution in [0, 0.1) is 0 Å². The minimum absolute atomic E-state index is 0.119. The van der Waals surface area contributed by atoms with Crippen LogP contribution in [0.3, 0.4) is 0 Å². The number of rotatable bonds is 4. The van der Waals surface area contributed by atoms with E-state index < -0.39 is 5.97 Å². The molecule has 0 bridgehead atoms. The Labute approximate surface area is 109 Å². The summed E-state index contributed by atoms with van der Waals surface area (Å²) in [7, 11) is 0. The molecular formula is C11H16N4O4. The van der Waals surface area contributed by atoms with Gasteiger partial charge in [0, 0.05) is 18.8 Å². The van der Waals surface area contributed by atoms with Crippen molar-refractivity contribution < 1.29 is 19.4 Å². The van der Waals surface area contributed by atoms with Crippen LogP contribution in [-0.4, -0.2) is 50.7 Å². The van der Waals surface area contributed by atoms with Gasteiger partial charge >= 0.3 is 5.97 Å². The summed E-state index contributed by atoms with van der Waals surface area (Å²) in [6.07, 6.45) is 2.80. The second-order valence-corrected chi connectivity index (χ2v) is 4.82. The number of aliphatic carboxylic acids is 1. The van der Waals surface area contributed by atoms with Crippen molar-refractivity contribution in [3.63, 3.8) is 0 Å². The minimum Gasteiger partial charge on any atom is -0.480 e. The average molecular weight is 268 g/mol. The van der Waals surface area contributed by atoms with Crippen molar-refractivity contribution in [1.29, 1.82) is 0 Å². The Morgan fingerprint density at radius 1 is 1.53 bits per heavy atom. The van der Waals surface area contributed by atoms with Gasteiger partial charge in [-0.25, -0.2) is 4.68 Å². The van der Waals surface area contributed by atoms with Crippen molar-refractivity contribution in [1.82, 2.24) is 20.3 Å². The standard InChI is InChI=1S/C11H16N4O4/c1-11(2-4-19-5-3-11)12-10(18)8-6-15(14-13-8)7-9(16)17/h6H,2-5,7H2,1H3,(H,12,18)(H,16,17). The fraction of sp³-hybridized carbons (Fsp3) is 0.636. The van der Waals surface area contributed by atoms with E-state index in [0.717, 1.165) is 17.5 Å². The molecular weight excluding hydrogens is 252 g/mol. The number of carboxylic acid groups (broad SMARTS) is 1. The lowest BCUT2D eigenvalue weighted by molar-refractivity contribution is -0.137. The average Bonchev–Trinajstić information content (AvgIpc) is 2.77. The van der Waals surface area contributed by atoms with Crippen LogP contribution in [-0.2, 0) is 16.1 Å². The van der Waals surface area contributed by atoms with Crippen molar-refractivity contribution in [2.45, 2.75) is 31.8 Å². The van der Waals surface area contributed by atoms with Crippen molar-refractivity contribution in [3.8, 4) is 0 Å². The first-order chi connectivity index (χ1) is 8.98. The predicted molar refractivity (Wildman–Crippen MR) is 63.6 cm³/mol. The summed E-state index contributed by atoms with van der Waals surface area (Å²) in [6.45, 7) is 2.87. The first-order valence-corrected chi connectivity index (χ1v) is 6.01. The van der Waals surface area contributed by atoms with Crippen LogP contribution in [0.25, 0.3) is 0 Å². The van der Waals surface area contributed by atoms with Crippen LogP contribution < -0.4 is 5.32 Å². The van der Waals surface area contributed by atoms with Crippen molar-refractivity contribution >= 4 is 11.9 Å². The zero-order chi connectivity index (χ0) is 13.9. The Hall–Kier alpha value is -1.96. The molecule has 1 aliphatic rings. The van der Waals surface area contributed by atoms with Crippen LogP contribution in [0.5, 0.6) is 0 Å². The quantitative estimate of drug-likeness (QED) is 0.774. The fourth-order valence-corrected chi connectivity index (χ4v) is 1.90. The molecule has 0 aromatic carbocycles. The van der Waals surface area contributed by atoms with Gasteiger partial charge in [-0.1, -0.05) is 5.21 Å². The molecule has 1 amide bonds. The number of ether oxygens (including phenoxy) is 1. The van der Waals surface area contributed by atoms with Crippen LogP contribution in [0.2, 0.25) is 0 Å². The molecule has 1 saturated heterocycles. The molecule has 0 radical (unpaired) electrons. The van der Waals surface area contributed by atoms with Gasteiger partial charge in [0.15, 0.2) is 5.69 Å². The molecule has 0 spiro atoms. The van der Waals surface area contributed by atoms with Gasteiger partial charge < -0.3 is 15.2 Å². The third-order valence-corrected chi connectivity index (χ3v) is 3.08. The minimum atomic E-state index is -1.03. The summed E-state index contributed by atoms with van der Waals surface area (Å²) in [5, 5.41) is 18.8. The van der Waals surface area contributed by atoms with E-state index in [4.69, 9.17) is 9.84 Å². The highest BCUT2D eigenvalue weighted by atomic mass is 16.5. The maximum absolute atomic E-state index is 12.0. The van der Waals surface area contributed by atoms with Crippen molar-refractivity contribution in [3.05, 3.63) is 11.9 Å². The number of hydrogen-bond acceptors (Lipinski definition) is 5. The maximum Gasteiger partial charge on any atom is 0.325 e.